The Balaban J connectivity index is 2.32. The summed E-state index contributed by atoms with van der Waals surface area (Å²) in [7, 11) is 1.50. The number of aliphatic carboxylic acids is 1. The number of nitrogens with one attached hydrogen (secondary N) is 2. The van der Waals surface area contributed by atoms with E-state index in [0.717, 1.165) is 0 Å². The number of carboxylic acids is 1. The van der Waals surface area contributed by atoms with E-state index in [9.17, 15) is 9.59 Å². The number of carbonyl (C=O) groups is 2. The minimum atomic E-state index is -0.820. The molecular formula is C7H12N2O3. The molecule has 0 bridgehead atoms. The molecule has 0 heterocycles. The molecule has 68 valence electrons. The molecule has 5 heteroatoms. The minimum absolute atomic E-state index is 0.224. The van der Waals surface area contributed by atoms with Gasteiger partial charge in [0.1, 0.15) is 0 Å². The zero-order valence-electron chi connectivity index (χ0n) is 6.89. The van der Waals surface area contributed by atoms with Gasteiger partial charge >= 0.3 is 12.0 Å². The lowest BCUT2D eigenvalue weighted by atomic mass is 10.1. The van der Waals surface area contributed by atoms with E-state index in [1.165, 1.54) is 7.05 Å². The van der Waals surface area contributed by atoms with Crippen molar-refractivity contribution in [2.45, 2.75) is 12.8 Å². The summed E-state index contributed by atoms with van der Waals surface area (Å²) in [5, 5.41) is 13.6. The Morgan fingerprint density at radius 1 is 1.50 bits per heavy atom. The molecule has 1 saturated carbocycles. The fourth-order valence-electron chi connectivity index (χ4n) is 0.955. The summed E-state index contributed by atoms with van der Waals surface area (Å²) in [5.74, 6) is -0.820. The standard InChI is InChI=1S/C7H12N2O3/c1-8-6(12)9-4-7(2-3-7)5(10)11/h2-4H2,1H3,(H,10,11)(H2,8,9,12). The summed E-state index contributed by atoms with van der Waals surface area (Å²) < 4.78 is 0. The van der Waals surface area contributed by atoms with E-state index in [1.54, 1.807) is 0 Å². The first kappa shape index (κ1) is 8.83. The van der Waals surface area contributed by atoms with Crippen molar-refractivity contribution in [2.24, 2.45) is 5.41 Å². The van der Waals surface area contributed by atoms with E-state index >= 15 is 0 Å². The summed E-state index contributed by atoms with van der Waals surface area (Å²) >= 11 is 0. The average Bonchev–Trinajstić information content (AvgIpc) is 2.81. The fourth-order valence-corrected chi connectivity index (χ4v) is 0.955. The summed E-state index contributed by atoms with van der Waals surface area (Å²) in [6.07, 6.45) is 1.32. The van der Waals surface area contributed by atoms with Gasteiger partial charge in [0, 0.05) is 13.6 Å². The van der Waals surface area contributed by atoms with Gasteiger partial charge < -0.3 is 15.7 Å². The quantitative estimate of drug-likeness (QED) is 0.550. The molecule has 1 rings (SSSR count). The lowest BCUT2D eigenvalue weighted by molar-refractivity contribution is -0.143. The van der Waals surface area contributed by atoms with Crippen LogP contribution in [0.5, 0.6) is 0 Å². The van der Waals surface area contributed by atoms with Gasteiger partial charge in [-0.3, -0.25) is 4.79 Å². The number of carboxylic acid groups (broad SMARTS) is 1. The second-order valence-electron chi connectivity index (χ2n) is 3.02. The van der Waals surface area contributed by atoms with Crippen LogP contribution in [-0.4, -0.2) is 30.7 Å². The molecular weight excluding hydrogens is 160 g/mol. The largest absolute Gasteiger partial charge is 0.481 e. The molecule has 3 N–H and O–H groups in total. The Kier molecular flexibility index (Phi) is 2.21. The Morgan fingerprint density at radius 2 is 2.08 bits per heavy atom. The van der Waals surface area contributed by atoms with Gasteiger partial charge in [0.2, 0.25) is 0 Å². The van der Waals surface area contributed by atoms with Crippen molar-refractivity contribution in [3.05, 3.63) is 0 Å². The predicted octanol–water partition coefficient (Wildman–Crippen LogP) is -0.220. The smallest absolute Gasteiger partial charge is 0.314 e. The molecule has 0 saturated heterocycles. The summed E-state index contributed by atoms with van der Waals surface area (Å²) in [6.45, 7) is 0.224. The van der Waals surface area contributed by atoms with E-state index in [2.05, 4.69) is 10.6 Å². The molecule has 1 fully saturated rings. The lowest BCUT2D eigenvalue weighted by Gasteiger charge is -2.09. The lowest BCUT2D eigenvalue weighted by Crippen LogP contribution is -2.39. The molecule has 5 nitrogen and oxygen atoms in total. The van der Waals surface area contributed by atoms with Gasteiger partial charge in [-0.2, -0.15) is 0 Å². The van der Waals surface area contributed by atoms with Crippen molar-refractivity contribution in [3.8, 4) is 0 Å². The highest BCUT2D eigenvalue weighted by Gasteiger charge is 2.50. The van der Waals surface area contributed by atoms with Crippen LogP contribution in [0.25, 0.3) is 0 Å². The maximum atomic E-state index is 10.7. The Hall–Kier alpha value is -1.26. The monoisotopic (exact) mass is 172 g/mol. The molecule has 0 spiro atoms. The number of hydrogen-bond donors (Lipinski definition) is 3. The normalized spacial score (nSPS) is 18.1. The topological polar surface area (TPSA) is 78.4 Å². The predicted molar refractivity (Wildman–Crippen MR) is 41.8 cm³/mol. The first-order valence-corrected chi connectivity index (χ1v) is 3.80. The Labute approximate surface area is 70.1 Å². The van der Waals surface area contributed by atoms with Crippen molar-refractivity contribution < 1.29 is 14.7 Å². The van der Waals surface area contributed by atoms with Gasteiger partial charge in [-0.15, -0.1) is 0 Å². The molecule has 0 aliphatic heterocycles. The third-order valence-electron chi connectivity index (χ3n) is 2.12. The minimum Gasteiger partial charge on any atom is -0.481 e. The van der Waals surface area contributed by atoms with Crippen molar-refractivity contribution in [1.29, 1.82) is 0 Å². The highest BCUT2D eigenvalue weighted by Crippen LogP contribution is 2.45. The maximum absolute atomic E-state index is 10.7. The van der Waals surface area contributed by atoms with E-state index in [-0.39, 0.29) is 12.6 Å². The van der Waals surface area contributed by atoms with Crippen LogP contribution in [0.1, 0.15) is 12.8 Å². The number of rotatable bonds is 3. The van der Waals surface area contributed by atoms with E-state index in [1.807, 2.05) is 0 Å². The van der Waals surface area contributed by atoms with Gasteiger partial charge in [-0.25, -0.2) is 4.79 Å². The highest BCUT2D eigenvalue weighted by molar-refractivity contribution is 5.80. The molecule has 1 aliphatic carbocycles. The van der Waals surface area contributed by atoms with E-state index in [0.29, 0.717) is 12.8 Å². The second-order valence-corrected chi connectivity index (χ2v) is 3.02. The van der Waals surface area contributed by atoms with Gasteiger partial charge in [0.15, 0.2) is 0 Å². The van der Waals surface area contributed by atoms with Crippen LogP contribution < -0.4 is 10.6 Å². The SMILES string of the molecule is CNC(=O)NCC1(C(=O)O)CC1. The molecule has 0 aromatic heterocycles. The summed E-state index contributed by atoms with van der Waals surface area (Å²) in [5.41, 5.74) is -0.674. The first-order chi connectivity index (χ1) is 5.60. The maximum Gasteiger partial charge on any atom is 0.314 e. The number of urea groups is 1. The molecule has 1 aliphatic rings. The first-order valence-electron chi connectivity index (χ1n) is 3.80. The van der Waals surface area contributed by atoms with Gasteiger partial charge in [0.25, 0.3) is 0 Å². The number of amides is 2. The molecule has 0 radical (unpaired) electrons. The van der Waals surface area contributed by atoms with Crippen molar-refractivity contribution in [3.63, 3.8) is 0 Å². The molecule has 0 unspecified atom stereocenters. The number of hydrogen-bond acceptors (Lipinski definition) is 2. The zero-order chi connectivity index (χ0) is 9.19. The number of carbonyl (C=O) groups excluding carboxylic acids is 1. The summed E-state index contributed by atoms with van der Waals surface area (Å²) in [4.78, 5) is 21.3. The zero-order valence-corrected chi connectivity index (χ0v) is 6.89. The molecule has 0 aromatic carbocycles. The second kappa shape index (κ2) is 3.00. The van der Waals surface area contributed by atoms with Crippen LogP contribution in [0.15, 0.2) is 0 Å². The van der Waals surface area contributed by atoms with Crippen LogP contribution in [0.4, 0.5) is 4.79 Å². The molecule has 0 aromatic rings. The van der Waals surface area contributed by atoms with E-state index in [4.69, 9.17) is 5.11 Å². The van der Waals surface area contributed by atoms with Crippen molar-refractivity contribution in [1.82, 2.24) is 10.6 Å². The highest BCUT2D eigenvalue weighted by atomic mass is 16.4. The van der Waals surface area contributed by atoms with Crippen LogP contribution in [0.3, 0.4) is 0 Å². The van der Waals surface area contributed by atoms with E-state index < -0.39 is 11.4 Å². The van der Waals surface area contributed by atoms with Crippen molar-refractivity contribution >= 4 is 12.0 Å². The van der Waals surface area contributed by atoms with Gasteiger partial charge in [-0.1, -0.05) is 0 Å². The van der Waals surface area contributed by atoms with Crippen LogP contribution >= 0.6 is 0 Å². The summed E-state index contributed by atoms with van der Waals surface area (Å²) in [6, 6.07) is -0.331. The van der Waals surface area contributed by atoms with Crippen LogP contribution in [0.2, 0.25) is 0 Å². The fraction of sp³-hybridized carbons (Fsp3) is 0.714. The molecule has 2 amide bonds. The van der Waals surface area contributed by atoms with Gasteiger partial charge in [0.05, 0.1) is 5.41 Å². The van der Waals surface area contributed by atoms with Gasteiger partial charge in [-0.05, 0) is 12.8 Å². The molecule has 0 atom stereocenters. The Morgan fingerprint density at radius 3 is 2.42 bits per heavy atom. The molecule has 12 heavy (non-hydrogen) atoms. The van der Waals surface area contributed by atoms with Crippen molar-refractivity contribution in [2.75, 3.05) is 13.6 Å². The Bertz CT molecular complexity index is 211. The van der Waals surface area contributed by atoms with Crippen LogP contribution in [-0.2, 0) is 4.79 Å². The average molecular weight is 172 g/mol. The third kappa shape index (κ3) is 1.66. The third-order valence-corrected chi connectivity index (χ3v) is 2.12. The van der Waals surface area contributed by atoms with Crippen LogP contribution in [0, 0.1) is 5.41 Å².